The molecule has 1 aromatic carbocycles. The Bertz CT molecular complexity index is 310. The van der Waals surface area contributed by atoms with E-state index in [0.29, 0.717) is 11.1 Å². The highest BCUT2D eigenvalue weighted by molar-refractivity contribution is 5.30. The van der Waals surface area contributed by atoms with Crippen LogP contribution in [-0.4, -0.2) is 11.3 Å². The average molecular weight is 204 g/mol. The van der Waals surface area contributed by atoms with Gasteiger partial charge >= 0.3 is 6.18 Å². The maximum absolute atomic E-state index is 12.1. The highest BCUT2D eigenvalue weighted by Crippen LogP contribution is 2.32. The zero-order chi connectivity index (χ0) is 10.9. The Hall–Kier alpha value is -1.03. The molecule has 14 heavy (non-hydrogen) atoms. The summed E-state index contributed by atoms with van der Waals surface area (Å²) in [7, 11) is 0. The fourth-order valence-electron chi connectivity index (χ4n) is 1.36. The first-order valence-electron chi connectivity index (χ1n) is 4.13. The van der Waals surface area contributed by atoms with Gasteiger partial charge in [0.25, 0.3) is 0 Å². The van der Waals surface area contributed by atoms with Gasteiger partial charge in [0.2, 0.25) is 0 Å². The average Bonchev–Trinajstić information content (AvgIpc) is 1.99. The van der Waals surface area contributed by atoms with Crippen LogP contribution in [0.2, 0.25) is 0 Å². The number of halogens is 3. The molecule has 0 saturated heterocycles. The Morgan fingerprint density at radius 1 is 1.07 bits per heavy atom. The maximum atomic E-state index is 12.1. The molecule has 1 rings (SSSR count). The summed E-state index contributed by atoms with van der Waals surface area (Å²) >= 11 is 0. The molecule has 0 aliphatic rings. The van der Waals surface area contributed by atoms with E-state index < -0.39 is 12.3 Å². The van der Waals surface area contributed by atoms with Crippen molar-refractivity contribution in [3.8, 4) is 0 Å². The van der Waals surface area contributed by atoms with Crippen molar-refractivity contribution in [3.63, 3.8) is 0 Å². The molecule has 0 radical (unpaired) electrons. The smallest absolute Gasteiger partial charge is 0.379 e. The van der Waals surface area contributed by atoms with E-state index in [9.17, 15) is 13.2 Å². The summed E-state index contributed by atoms with van der Waals surface area (Å²) in [4.78, 5) is 0. The molecular weight excluding hydrogens is 193 g/mol. The maximum Gasteiger partial charge on any atom is 0.418 e. The predicted molar refractivity (Wildman–Crippen MR) is 46.9 cm³/mol. The number of alkyl halides is 3. The molecule has 0 aliphatic carbocycles. The first kappa shape index (κ1) is 11.0. The highest BCUT2D eigenvalue weighted by Gasteiger charge is 2.39. The van der Waals surface area contributed by atoms with Gasteiger partial charge in [0, 0.05) is 0 Å². The number of rotatable bonds is 1. The first-order valence-corrected chi connectivity index (χ1v) is 4.13. The lowest BCUT2D eigenvalue weighted by Gasteiger charge is -2.15. The molecule has 78 valence electrons. The van der Waals surface area contributed by atoms with Gasteiger partial charge in [0.15, 0.2) is 6.10 Å². The molecule has 0 spiro atoms. The van der Waals surface area contributed by atoms with Crippen LogP contribution < -0.4 is 0 Å². The van der Waals surface area contributed by atoms with Crippen molar-refractivity contribution in [2.24, 2.45) is 0 Å². The molecule has 0 amide bonds. The van der Waals surface area contributed by atoms with E-state index in [1.165, 1.54) is 12.1 Å². The summed E-state index contributed by atoms with van der Waals surface area (Å²) in [6, 6.07) is 4.43. The number of aliphatic hydroxyl groups excluding tert-OH is 1. The summed E-state index contributed by atoms with van der Waals surface area (Å²) in [5, 5.41) is 8.98. The van der Waals surface area contributed by atoms with Gasteiger partial charge in [-0.3, -0.25) is 0 Å². The van der Waals surface area contributed by atoms with Crippen molar-refractivity contribution in [1.29, 1.82) is 0 Å². The predicted octanol–water partition coefficient (Wildman–Crippen LogP) is 2.90. The Balaban J connectivity index is 3.07. The second kappa shape index (κ2) is 3.61. The molecule has 1 nitrogen and oxygen atoms in total. The van der Waals surface area contributed by atoms with Gasteiger partial charge < -0.3 is 5.11 Å². The van der Waals surface area contributed by atoms with Crippen molar-refractivity contribution < 1.29 is 18.3 Å². The topological polar surface area (TPSA) is 20.2 Å². The number of benzene rings is 1. The highest BCUT2D eigenvalue weighted by atomic mass is 19.4. The minimum Gasteiger partial charge on any atom is -0.379 e. The third kappa shape index (κ3) is 2.48. The fourth-order valence-corrected chi connectivity index (χ4v) is 1.36. The Kier molecular flexibility index (Phi) is 2.85. The third-order valence-electron chi connectivity index (χ3n) is 1.87. The fraction of sp³-hybridized carbons (Fsp3) is 0.400. The van der Waals surface area contributed by atoms with Crippen molar-refractivity contribution in [2.75, 3.05) is 0 Å². The molecular formula is C10H11F3O. The van der Waals surface area contributed by atoms with Crippen molar-refractivity contribution in [1.82, 2.24) is 0 Å². The lowest BCUT2D eigenvalue weighted by Crippen LogP contribution is -2.20. The molecule has 0 aromatic heterocycles. The van der Waals surface area contributed by atoms with E-state index in [-0.39, 0.29) is 5.56 Å². The van der Waals surface area contributed by atoms with Crippen molar-refractivity contribution in [3.05, 3.63) is 34.9 Å². The minimum absolute atomic E-state index is 0.102. The lowest BCUT2D eigenvalue weighted by atomic mass is 10.0. The quantitative estimate of drug-likeness (QED) is 0.745. The zero-order valence-corrected chi connectivity index (χ0v) is 7.89. The molecule has 0 bridgehead atoms. The summed E-state index contributed by atoms with van der Waals surface area (Å²) in [5.41, 5.74) is 1.32. The van der Waals surface area contributed by atoms with Crippen LogP contribution >= 0.6 is 0 Å². The van der Waals surface area contributed by atoms with Gasteiger partial charge in [-0.1, -0.05) is 29.3 Å². The largest absolute Gasteiger partial charge is 0.418 e. The third-order valence-corrected chi connectivity index (χ3v) is 1.87. The van der Waals surface area contributed by atoms with Crippen LogP contribution in [0.1, 0.15) is 22.8 Å². The Morgan fingerprint density at radius 3 is 1.86 bits per heavy atom. The summed E-state index contributed by atoms with van der Waals surface area (Å²) in [6.07, 6.45) is -6.98. The van der Waals surface area contributed by atoms with Crippen LogP contribution in [0.25, 0.3) is 0 Å². The molecule has 1 aromatic rings. The summed E-state index contributed by atoms with van der Waals surface area (Å²) < 4.78 is 36.4. The second-order valence-electron chi connectivity index (χ2n) is 3.37. The van der Waals surface area contributed by atoms with Gasteiger partial charge in [0.05, 0.1) is 0 Å². The van der Waals surface area contributed by atoms with Crippen LogP contribution in [0.5, 0.6) is 0 Å². The zero-order valence-electron chi connectivity index (χ0n) is 7.89. The number of aliphatic hydroxyl groups is 1. The van der Waals surface area contributed by atoms with Crippen molar-refractivity contribution >= 4 is 0 Å². The molecule has 0 fully saturated rings. The molecule has 0 saturated carbocycles. The first-order chi connectivity index (χ1) is 6.30. The SMILES string of the molecule is Cc1cc(C)cc(C(O)C(F)(F)F)c1. The molecule has 1 unspecified atom stereocenters. The Labute approximate surface area is 80.2 Å². The minimum atomic E-state index is -4.60. The van der Waals surface area contributed by atoms with Gasteiger partial charge in [-0.25, -0.2) is 0 Å². The van der Waals surface area contributed by atoms with E-state index >= 15 is 0 Å². The van der Waals surface area contributed by atoms with Crippen molar-refractivity contribution in [2.45, 2.75) is 26.1 Å². The van der Waals surface area contributed by atoms with Crippen LogP contribution in [0.15, 0.2) is 18.2 Å². The van der Waals surface area contributed by atoms with E-state index in [0.717, 1.165) is 0 Å². The number of hydrogen-bond acceptors (Lipinski definition) is 1. The molecule has 0 aliphatic heterocycles. The van der Waals surface area contributed by atoms with Crippen LogP contribution in [0.3, 0.4) is 0 Å². The standard InChI is InChI=1S/C10H11F3O/c1-6-3-7(2)5-8(4-6)9(14)10(11,12)13/h3-5,9,14H,1-2H3. The van der Waals surface area contributed by atoms with Crippen LogP contribution in [0, 0.1) is 13.8 Å². The van der Waals surface area contributed by atoms with Gasteiger partial charge in [-0.15, -0.1) is 0 Å². The molecule has 1 atom stereocenters. The van der Waals surface area contributed by atoms with E-state index in [1.807, 2.05) is 0 Å². The number of aryl methyl sites for hydroxylation is 2. The van der Waals surface area contributed by atoms with E-state index in [1.54, 1.807) is 19.9 Å². The van der Waals surface area contributed by atoms with E-state index in [2.05, 4.69) is 0 Å². The summed E-state index contributed by atoms with van der Waals surface area (Å²) in [6.45, 7) is 3.39. The monoisotopic (exact) mass is 204 g/mol. The van der Waals surface area contributed by atoms with Gasteiger partial charge in [0.1, 0.15) is 0 Å². The molecule has 1 N–H and O–H groups in total. The molecule has 0 heterocycles. The normalized spacial score (nSPS) is 14.1. The molecule has 4 heteroatoms. The van der Waals surface area contributed by atoms with Gasteiger partial charge in [-0.05, 0) is 19.4 Å². The second-order valence-corrected chi connectivity index (χ2v) is 3.37. The lowest BCUT2D eigenvalue weighted by molar-refractivity contribution is -0.206. The number of hydrogen-bond donors (Lipinski definition) is 1. The van der Waals surface area contributed by atoms with Crippen LogP contribution in [0.4, 0.5) is 13.2 Å². The van der Waals surface area contributed by atoms with Crippen LogP contribution in [-0.2, 0) is 0 Å². The van der Waals surface area contributed by atoms with Gasteiger partial charge in [-0.2, -0.15) is 13.2 Å². The summed E-state index contributed by atoms with van der Waals surface area (Å²) in [5.74, 6) is 0. The van der Waals surface area contributed by atoms with E-state index in [4.69, 9.17) is 5.11 Å². The Morgan fingerprint density at radius 2 is 1.50 bits per heavy atom.